The average Bonchev–Trinajstić information content (AvgIpc) is 2.54. The normalized spacial score (nSPS) is 11.2. The number of ether oxygens (including phenoxy) is 2. The Hall–Kier alpha value is -1.99. The minimum absolute atomic E-state index is 0.0146. The van der Waals surface area contributed by atoms with Crippen LogP contribution >= 0.6 is 23.2 Å². The maximum atomic E-state index is 12.4. The molecule has 0 radical (unpaired) electrons. The van der Waals surface area contributed by atoms with Crippen molar-refractivity contribution in [3.8, 4) is 17.0 Å². The molecule has 0 amide bonds. The fourth-order valence-electron chi connectivity index (χ4n) is 1.79. The Bertz CT molecular complexity index is 766. The van der Waals surface area contributed by atoms with E-state index in [1.807, 2.05) is 0 Å². The fraction of sp³-hybridized carbons (Fsp3) is 0.200. The zero-order chi connectivity index (χ0) is 17.9. The predicted octanol–water partition coefficient (Wildman–Crippen LogP) is 4.78. The van der Waals surface area contributed by atoms with Gasteiger partial charge in [0.25, 0.3) is 0 Å². The molecule has 128 valence electrons. The van der Waals surface area contributed by atoms with Crippen LogP contribution in [0.5, 0.6) is 5.75 Å². The average molecular weight is 380 g/mol. The van der Waals surface area contributed by atoms with E-state index in [1.54, 1.807) is 0 Å². The summed E-state index contributed by atoms with van der Waals surface area (Å²) in [6.45, 7) is -1.50. The largest absolute Gasteiger partial charge is 0.482 e. The molecule has 0 bridgehead atoms. The highest BCUT2D eigenvalue weighted by atomic mass is 35.5. The van der Waals surface area contributed by atoms with Crippen LogP contribution in [0, 0.1) is 0 Å². The third-order valence-electron chi connectivity index (χ3n) is 2.84. The Labute approximate surface area is 145 Å². The monoisotopic (exact) mass is 379 g/mol. The Morgan fingerprint density at radius 3 is 2.46 bits per heavy atom. The number of esters is 1. The van der Waals surface area contributed by atoms with Gasteiger partial charge in [0.15, 0.2) is 6.61 Å². The van der Waals surface area contributed by atoms with Gasteiger partial charge in [-0.15, -0.1) is 0 Å². The molecule has 0 aliphatic carbocycles. The molecule has 0 aliphatic heterocycles. The van der Waals surface area contributed by atoms with Crippen LogP contribution in [0.1, 0.15) is 10.5 Å². The molecule has 0 N–H and O–H groups in total. The van der Waals surface area contributed by atoms with Crippen molar-refractivity contribution in [2.45, 2.75) is 6.18 Å². The van der Waals surface area contributed by atoms with Crippen LogP contribution in [0.2, 0.25) is 10.0 Å². The van der Waals surface area contributed by atoms with Crippen molar-refractivity contribution in [3.05, 3.63) is 46.1 Å². The van der Waals surface area contributed by atoms with Gasteiger partial charge in [0.05, 0.1) is 17.2 Å². The molecule has 1 aromatic heterocycles. The van der Waals surface area contributed by atoms with Crippen molar-refractivity contribution in [3.63, 3.8) is 0 Å². The molecule has 0 saturated heterocycles. The third kappa shape index (κ3) is 4.52. The van der Waals surface area contributed by atoms with Gasteiger partial charge in [-0.3, -0.25) is 0 Å². The smallest absolute Gasteiger partial charge is 0.422 e. The van der Waals surface area contributed by atoms with Crippen molar-refractivity contribution < 1.29 is 27.4 Å². The first-order chi connectivity index (χ1) is 11.2. The maximum absolute atomic E-state index is 12.4. The lowest BCUT2D eigenvalue weighted by Gasteiger charge is -2.14. The summed E-state index contributed by atoms with van der Waals surface area (Å²) in [7, 11) is 1.16. The summed E-state index contributed by atoms with van der Waals surface area (Å²) in [5, 5.41) is 0.448. The van der Waals surface area contributed by atoms with Gasteiger partial charge in [-0.2, -0.15) is 13.2 Å². The zero-order valence-electron chi connectivity index (χ0n) is 12.2. The van der Waals surface area contributed by atoms with Crippen molar-refractivity contribution in [1.82, 2.24) is 4.98 Å². The predicted molar refractivity (Wildman–Crippen MR) is 82.6 cm³/mol. The molecular formula is C15H10Cl2F3NO3. The highest BCUT2D eigenvalue weighted by Crippen LogP contribution is 2.33. The molecule has 0 unspecified atom stereocenters. The van der Waals surface area contributed by atoms with E-state index in [1.165, 1.54) is 30.3 Å². The number of pyridine rings is 1. The summed E-state index contributed by atoms with van der Waals surface area (Å²) in [6.07, 6.45) is -4.52. The number of carbonyl (C=O) groups excluding carboxylic acids is 1. The molecule has 0 saturated carbocycles. The van der Waals surface area contributed by atoms with Crippen molar-refractivity contribution in [1.29, 1.82) is 0 Å². The van der Waals surface area contributed by atoms with Gasteiger partial charge < -0.3 is 9.47 Å². The van der Waals surface area contributed by atoms with E-state index < -0.39 is 18.8 Å². The minimum atomic E-state index is -4.52. The summed E-state index contributed by atoms with van der Waals surface area (Å²) in [5.41, 5.74) is 0.269. The Kier molecular flexibility index (Phi) is 5.56. The Balaban J connectivity index is 2.50. The molecular weight excluding hydrogens is 370 g/mol. The lowest BCUT2D eigenvalue weighted by molar-refractivity contribution is -0.153. The van der Waals surface area contributed by atoms with Gasteiger partial charge in [0.2, 0.25) is 0 Å². The lowest BCUT2D eigenvalue weighted by atomic mass is 10.1. The second-order valence-corrected chi connectivity index (χ2v) is 5.38. The Morgan fingerprint density at radius 2 is 1.88 bits per heavy atom. The van der Waals surface area contributed by atoms with E-state index in [0.29, 0.717) is 5.56 Å². The quantitative estimate of drug-likeness (QED) is 0.717. The number of alkyl halides is 3. The van der Waals surface area contributed by atoms with E-state index in [2.05, 4.69) is 9.72 Å². The van der Waals surface area contributed by atoms with Crippen LogP contribution in [0.4, 0.5) is 13.2 Å². The number of carbonyl (C=O) groups is 1. The number of benzene rings is 1. The third-order valence-corrected chi connectivity index (χ3v) is 3.58. The molecule has 1 aromatic carbocycles. The molecule has 2 aromatic rings. The van der Waals surface area contributed by atoms with Crippen molar-refractivity contribution in [2.75, 3.05) is 13.7 Å². The highest BCUT2D eigenvalue weighted by Gasteiger charge is 2.29. The first-order valence-corrected chi connectivity index (χ1v) is 7.21. The van der Waals surface area contributed by atoms with Crippen LogP contribution < -0.4 is 4.74 Å². The molecule has 1 heterocycles. The molecule has 2 rings (SSSR count). The molecule has 24 heavy (non-hydrogen) atoms. The number of rotatable bonds is 4. The first-order valence-electron chi connectivity index (χ1n) is 6.45. The number of nitrogens with zero attached hydrogens (tertiary/aromatic N) is 1. The van der Waals surface area contributed by atoms with Gasteiger partial charge in [-0.1, -0.05) is 29.3 Å². The lowest BCUT2D eigenvalue weighted by Crippen LogP contribution is -2.20. The van der Waals surface area contributed by atoms with E-state index >= 15 is 0 Å². The highest BCUT2D eigenvalue weighted by molar-refractivity contribution is 6.42. The number of methoxy groups -OCH3 is 1. The summed E-state index contributed by atoms with van der Waals surface area (Å²) in [4.78, 5) is 15.6. The number of hydrogen-bond acceptors (Lipinski definition) is 4. The number of hydrogen-bond donors (Lipinski definition) is 0. The molecule has 0 aliphatic rings. The van der Waals surface area contributed by atoms with E-state index in [-0.39, 0.29) is 27.2 Å². The standard InChI is InChI=1S/C15H10Cl2F3NO3/c1-23-14(22)11-4-5-12(24-7-15(18,19)20)13(21-11)8-2-3-9(16)10(17)6-8/h2-6H,7H2,1H3. The summed E-state index contributed by atoms with van der Waals surface area (Å²) < 4.78 is 46.5. The molecule has 9 heteroatoms. The first kappa shape index (κ1) is 18.4. The summed E-state index contributed by atoms with van der Waals surface area (Å²) in [6, 6.07) is 6.78. The van der Waals surface area contributed by atoms with Gasteiger partial charge >= 0.3 is 12.1 Å². The molecule has 0 fully saturated rings. The van der Waals surface area contributed by atoms with Crippen molar-refractivity contribution in [2.24, 2.45) is 0 Å². The second-order valence-electron chi connectivity index (χ2n) is 4.57. The summed E-state index contributed by atoms with van der Waals surface area (Å²) >= 11 is 11.7. The fourth-order valence-corrected chi connectivity index (χ4v) is 2.09. The van der Waals surface area contributed by atoms with Crippen LogP contribution in [-0.4, -0.2) is 30.8 Å². The number of aromatic nitrogens is 1. The van der Waals surface area contributed by atoms with Crippen LogP contribution in [0.15, 0.2) is 30.3 Å². The van der Waals surface area contributed by atoms with Gasteiger partial charge in [0, 0.05) is 5.56 Å². The van der Waals surface area contributed by atoms with E-state index in [9.17, 15) is 18.0 Å². The molecule has 0 atom stereocenters. The maximum Gasteiger partial charge on any atom is 0.422 e. The SMILES string of the molecule is COC(=O)c1ccc(OCC(F)(F)F)c(-c2ccc(Cl)c(Cl)c2)n1. The van der Waals surface area contributed by atoms with Crippen LogP contribution in [0.3, 0.4) is 0 Å². The van der Waals surface area contributed by atoms with Gasteiger partial charge in [-0.05, 0) is 24.3 Å². The second kappa shape index (κ2) is 7.27. The topological polar surface area (TPSA) is 48.4 Å². The number of halogens is 5. The molecule has 0 spiro atoms. The van der Waals surface area contributed by atoms with E-state index in [0.717, 1.165) is 7.11 Å². The van der Waals surface area contributed by atoms with Crippen molar-refractivity contribution >= 4 is 29.2 Å². The van der Waals surface area contributed by atoms with Crippen LogP contribution in [-0.2, 0) is 4.74 Å². The summed E-state index contributed by atoms with van der Waals surface area (Å²) in [5.74, 6) is -0.892. The van der Waals surface area contributed by atoms with Gasteiger partial charge in [-0.25, -0.2) is 9.78 Å². The zero-order valence-corrected chi connectivity index (χ0v) is 13.7. The van der Waals surface area contributed by atoms with E-state index in [4.69, 9.17) is 27.9 Å². The van der Waals surface area contributed by atoms with Crippen LogP contribution in [0.25, 0.3) is 11.3 Å². The minimum Gasteiger partial charge on any atom is -0.482 e. The molecule has 4 nitrogen and oxygen atoms in total. The Morgan fingerprint density at radius 1 is 1.17 bits per heavy atom. The van der Waals surface area contributed by atoms with Gasteiger partial charge in [0.1, 0.15) is 17.1 Å².